The van der Waals surface area contributed by atoms with Crippen LogP contribution in [0, 0.1) is 23.3 Å². The average Bonchev–Trinajstić information content (AvgIpc) is 2.62. The van der Waals surface area contributed by atoms with Crippen LogP contribution >= 0.6 is 0 Å². The topological polar surface area (TPSA) is 149 Å². The predicted octanol–water partition coefficient (Wildman–Crippen LogP) is 2.72. The first-order valence-corrected chi connectivity index (χ1v) is 6.79. The maximum absolute atomic E-state index is 12.9. The van der Waals surface area contributed by atoms with Gasteiger partial charge in [0.2, 0.25) is 0 Å². The highest BCUT2D eigenvalue weighted by Crippen LogP contribution is 2.24. The lowest BCUT2D eigenvalue weighted by molar-refractivity contribution is 0.0639. The Morgan fingerprint density at radius 2 is 0.821 bits per heavy atom. The largest absolute Gasteiger partial charge is 0.478 e. The van der Waals surface area contributed by atoms with E-state index in [-0.39, 0.29) is 11.1 Å². The summed E-state index contributed by atoms with van der Waals surface area (Å²) in [5.41, 5.74) is -3.90. The molecule has 0 spiro atoms. The second-order valence-electron chi connectivity index (χ2n) is 4.77. The summed E-state index contributed by atoms with van der Waals surface area (Å²) >= 11 is 0. The van der Waals surface area contributed by atoms with Gasteiger partial charge in [0.1, 0.15) is 11.1 Å². The predicted molar refractivity (Wildman–Crippen MR) is 80.6 cm³/mol. The molecule has 0 saturated heterocycles. The Morgan fingerprint density at radius 1 is 0.536 bits per heavy atom. The Hall–Kier alpha value is -3.96. The molecule has 0 radical (unpaired) electrons. The fraction of sp³-hybridized carbons (Fsp3) is 0. The first-order chi connectivity index (χ1) is 12.9. The SMILES string of the molecule is O=C(O)c1c(F)c(F)c(F)c(F)c1C(=O)O.O=C(O)c1ccccc1C(=O)O. The maximum Gasteiger partial charge on any atom is 0.339 e. The third-order valence-electron chi connectivity index (χ3n) is 3.08. The highest BCUT2D eigenvalue weighted by Gasteiger charge is 2.32. The van der Waals surface area contributed by atoms with Gasteiger partial charge in [0.25, 0.3) is 0 Å². The summed E-state index contributed by atoms with van der Waals surface area (Å²) in [5.74, 6) is -16.2. The Bertz CT molecular complexity index is 909. The first kappa shape index (κ1) is 22.1. The van der Waals surface area contributed by atoms with E-state index < -0.39 is 58.3 Å². The Balaban J connectivity index is 0.000000292. The van der Waals surface area contributed by atoms with E-state index in [0.717, 1.165) is 0 Å². The number of carboxylic acid groups (broad SMARTS) is 4. The lowest BCUT2D eigenvalue weighted by Crippen LogP contribution is -2.17. The van der Waals surface area contributed by atoms with Gasteiger partial charge in [-0.15, -0.1) is 0 Å². The van der Waals surface area contributed by atoms with Gasteiger partial charge in [0.15, 0.2) is 23.3 Å². The van der Waals surface area contributed by atoms with E-state index in [0.29, 0.717) is 0 Å². The molecule has 0 amide bonds. The zero-order valence-corrected chi connectivity index (χ0v) is 13.2. The molecule has 28 heavy (non-hydrogen) atoms. The molecule has 0 aromatic heterocycles. The van der Waals surface area contributed by atoms with Gasteiger partial charge in [-0.05, 0) is 12.1 Å². The summed E-state index contributed by atoms with van der Waals surface area (Å²) in [4.78, 5) is 41.7. The minimum Gasteiger partial charge on any atom is -0.478 e. The number of aromatic carboxylic acids is 4. The molecular weight excluding hydrogens is 396 g/mol. The van der Waals surface area contributed by atoms with Crippen molar-refractivity contribution in [2.24, 2.45) is 0 Å². The summed E-state index contributed by atoms with van der Waals surface area (Å²) in [7, 11) is 0. The molecule has 0 aliphatic carbocycles. The molecule has 0 unspecified atom stereocenters. The van der Waals surface area contributed by atoms with Gasteiger partial charge in [-0.1, -0.05) is 12.1 Å². The fourth-order valence-electron chi connectivity index (χ4n) is 1.89. The molecule has 4 N–H and O–H groups in total. The molecule has 0 fully saturated rings. The van der Waals surface area contributed by atoms with Crippen LogP contribution < -0.4 is 0 Å². The minimum atomic E-state index is -2.38. The molecule has 0 aliphatic heterocycles. The smallest absolute Gasteiger partial charge is 0.339 e. The van der Waals surface area contributed by atoms with Crippen molar-refractivity contribution in [3.8, 4) is 0 Å². The van der Waals surface area contributed by atoms with Crippen LogP contribution in [-0.4, -0.2) is 44.3 Å². The van der Waals surface area contributed by atoms with Crippen LogP contribution in [-0.2, 0) is 0 Å². The highest BCUT2D eigenvalue weighted by molar-refractivity contribution is 6.02. The van der Waals surface area contributed by atoms with Crippen molar-refractivity contribution < 1.29 is 57.2 Å². The van der Waals surface area contributed by atoms with Gasteiger partial charge >= 0.3 is 23.9 Å². The van der Waals surface area contributed by atoms with E-state index in [9.17, 15) is 36.7 Å². The molecule has 12 heteroatoms. The van der Waals surface area contributed by atoms with E-state index >= 15 is 0 Å². The lowest BCUT2D eigenvalue weighted by atomic mass is 10.1. The summed E-state index contributed by atoms with van der Waals surface area (Å²) in [6, 6.07) is 5.48. The van der Waals surface area contributed by atoms with E-state index in [4.69, 9.17) is 20.4 Å². The minimum absolute atomic E-state index is 0.190. The summed E-state index contributed by atoms with van der Waals surface area (Å²) in [6.45, 7) is 0. The summed E-state index contributed by atoms with van der Waals surface area (Å²) < 4.78 is 51.0. The van der Waals surface area contributed by atoms with Crippen molar-refractivity contribution in [1.82, 2.24) is 0 Å². The van der Waals surface area contributed by atoms with E-state index in [1.807, 2.05) is 0 Å². The van der Waals surface area contributed by atoms with Crippen LogP contribution in [0.2, 0.25) is 0 Å². The quantitative estimate of drug-likeness (QED) is 0.345. The molecule has 0 heterocycles. The summed E-state index contributed by atoms with van der Waals surface area (Å²) in [6.07, 6.45) is 0. The Morgan fingerprint density at radius 3 is 1.04 bits per heavy atom. The lowest BCUT2D eigenvalue weighted by Gasteiger charge is -2.06. The van der Waals surface area contributed by atoms with Gasteiger partial charge in [-0.2, -0.15) is 0 Å². The van der Waals surface area contributed by atoms with Crippen molar-refractivity contribution in [2.45, 2.75) is 0 Å². The molecule has 0 aliphatic rings. The molecule has 2 aromatic carbocycles. The van der Waals surface area contributed by atoms with Crippen molar-refractivity contribution in [1.29, 1.82) is 0 Å². The second-order valence-corrected chi connectivity index (χ2v) is 4.77. The zero-order chi connectivity index (χ0) is 21.8. The van der Waals surface area contributed by atoms with E-state index in [2.05, 4.69) is 0 Å². The molecule has 2 aromatic rings. The van der Waals surface area contributed by atoms with Gasteiger partial charge in [0, 0.05) is 0 Å². The zero-order valence-electron chi connectivity index (χ0n) is 13.2. The van der Waals surface area contributed by atoms with Crippen molar-refractivity contribution >= 4 is 23.9 Å². The van der Waals surface area contributed by atoms with Crippen molar-refractivity contribution in [3.63, 3.8) is 0 Å². The molecule has 0 saturated carbocycles. The van der Waals surface area contributed by atoms with Gasteiger partial charge in [-0.25, -0.2) is 36.7 Å². The van der Waals surface area contributed by atoms with Crippen LogP contribution in [0.25, 0.3) is 0 Å². The number of hydrogen-bond donors (Lipinski definition) is 4. The van der Waals surface area contributed by atoms with Crippen LogP contribution in [0.3, 0.4) is 0 Å². The fourth-order valence-corrected chi connectivity index (χ4v) is 1.89. The van der Waals surface area contributed by atoms with E-state index in [1.165, 1.54) is 24.3 Å². The monoisotopic (exact) mass is 404 g/mol. The molecule has 0 atom stereocenters. The molecule has 0 bridgehead atoms. The molecule has 2 rings (SSSR count). The number of hydrogen-bond acceptors (Lipinski definition) is 4. The number of carbonyl (C=O) groups is 4. The van der Waals surface area contributed by atoms with Crippen LogP contribution in [0.15, 0.2) is 24.3 Å². The van der Waals surface area contributed by atoms with Crippen LogP contribution in [0.4, 0.5) is 17.6 Å². The van der Waals surface area contributed by atoms with Crippen LogP contribution in [0.5, 0.6) is 0 Å². The maximum atomic E-state index is 12.9. The third kappa shape index (κ3) is 4.41. The number of carboxylic acids is 4. The van der Waals surface area contributed by atoms with Gasteiger partial charge in [0.05, 0.1) is 11.1 Å². The number of benzene rings is 2. The number of halogens is 4. The van der Waals surface area contributed by atoms with Gasteiger partial charge < -0.3 is 20.4 Å². The number of rotatable bonds is 4. The third-order valence-corrected chi connectivity index (χ3v) is 3.08. The first-order valence-electron chi connectivity index (χ1n) is 6.79. The average molecular weight is 404 g/mol. The molecule has 8 nitrogen and oxygen atoms in total. The van der Waals surface area contributed by atoms with Crippen molar-refractivity contribution in [2.75, 3.05) is 0 Å². The normalized spacial score (nSPS) is 9.86. The van der Waals surface area contributed by atoms with Crippen molar-refractivity contribution in [3.05, 3.63) is 69.8 Å². The standard InChI is InChI=1S/C8H2F4O4.C8H6O4/c9-3-1(7(13)14)2(8(15)16)4(10)6(12)5(3)11;9-7(10)5-3-1-2-4-6(5)8(11)12/h(H,13,14)(H,15,16);1-4H,(H,9,10)(H,11,12). The Labute approximate surface area is 151 Å². The summed E-state index contributed by atoms with van der Waals surface area (Å²) in [5, 5.41) is 33.9. The Kier molecular flexibility index (Phi) is 6.80. The van der Waals surface area contributed by atoms with E-state index in [1.54, 1.807) is 0 Å². The highest BCUT2D eigenvalue weighted by atomic mass is 19.2. The molecular formula is C16H8F4O8. The molecule has 148 valence electrons. The second kappa shape index (κ2) is 8.62. The van der Waals surface area contributed by atoms with Crippen LogP contribution in [0.1, 0.15) is 41.4 Å². The van der Waals surface area contributed by atoms with Gasteiger partial charge in [-0.3, -0.25) is 0 Å².